The van der Waals surface area contributed by atoms with Crippen LogP contribution in [0.15, 0.2) is 48.5 Å². The molecule has 0 spiro atoms. The lowest BCUT2D eigenvalue weighted by Crippen LogP contribution is -2.14. The van der Waals surface area contributed by atoms with E-state index in [4.69, 9.17) is 0 Å². The van der Waals surface area contributed by atoms with Crippen molar-refractivity contribution in [1.29, 1.82) is 0 Å². The molecule has 0 aliphatic rings. The Labute approximate surface area is 125 Å². The van der Waals surface area contributed by atoms with E-state index in [0.717, 1.165) is 17.7 Å². The van der Waals surface area contributed by atoms with Gasteiger partial charge < -0.3 is 10.4 Å². The van der Waals surface area contributed by atoms with Crippen LogP contribution in [0.25, 0.3) is 0 Å². The average molecular weight is 287 g/mol. The van der Waals surface area contributed by atoms with Crippen molar-refractivity contribution < 1.29 is 9.50 Å². The van der Waals surface area contributed by atoms with Crippen LogP contribution < -0.4 is 5.32 Å². The lowest BCUT2D eigenvalue weighted by atomic mass is 9.99. The Morgan fingerprint density at radius 2 is 1.62 bits per heavy atom. The largest absolute Gasteiger partial charge is 0.394 e. The van der Waals surface area contributed by atoms with Gasteiger partial charge in [-0.05, 0) is 47.7 Å². The van der Waals surface area contributed by atoms with Crippen molar-refractivity contribution in [2.45, 2.75) is 26.3 Å². The summed E-state index contributed by atoms with van der Waals surface area (Å²) in [5.74, 6) is 0.362. The molecule has 2 aromatic rings. The van der Waals surface area contributed by atoms with Crippen LogP contribution in [0.5, 0.6) is 0 Å². The van der Waals surface area contributed by atoms with Gasteiger partial charge >= 0.3 is 0 Å². The van der Waals surface area contributed by atoms with E-state index in [0.29, 0.717) is 5.92 Å². The molecule has 112 valence electrons. The Kier molecular flexibility index (Phi) is 5.34. The summed E-state index contributed by atoms with van der Waals surface area (Å²) in [5.41, 5.74) is 3.11. The molecular formula is C18H22FNO. The van der Waals surface area contributed by atoms with Crippen LogP contribution in [0, 0.1) is 11.7 Å². The third-order valence-corrected chi connectivity index (χ3v) is 3.39. The maximum atomic E-state index is 12.9. The van der Waals surface area contributed by atoms with E-state index < -0.39 is 0 Å². The fourth-order valence-electron chi connectivity index (χ4n) is 2.34. The van der Waals surface area contributed by atoms with Gasteiger partial charge in [-0.3, -0.25) is 0 Å². The van der Waals surface area contributed by atoms with E-state index in [1.807, 2.05) is 12.1 Å². The highest BCUT2D eigenvalue weighted by Gasteiger charge is 2.10. The van der Waals surface area contributed by atoms with Crippen LogP contribution in [0.1, 0.15) is 31.0 Å². The molecule has 0 heterocycles. The number of nitrogens with one attached hydrogen (secondary N) is 1. The van der Waals surface area contributed by atoms with E-state index in [9.17, 15) is 9.50 Å². The molecular weight excluding hydrogens is 265 g/mol. The summed E-state index contributed by atoms with van der Waals surface area (Å²) in [6, 6.07) is 14.2. The SMILES string of the molecule is CC(C)Cc1ccc(C(CO)Nc2ccc(F)cc2)cc1. The van der Waals surface area contributed by atoms with Gasteiger partial charge in [0, 0.05) is 5.69 Å². The first-order chi connectivity index (χ1) is 10.1. The minimum Gasteiger partial charge on any atom is -0.394 e. The van der Waals surface area contributed by atoms with Crippen molar-refractivity contribution in [3.63, 3.8) is 0 Å². The van der Waals surface area contributed by atoms with Crippen LogP contribution in [-0.2, 0) is 6.42 Å². The fraction of sp³-hybridized carbons (Fsp3) is 0.333. The van der Waals surface area contributed by atoms with Gasteiger partial charge in [-0.15, -0.1) is 0 Å². The first-order valence-electron chi connectivity index (χ1n) is 7.30. The number of benzene rings is 2. The normalized spacial score (nSPS) is 12.4. The zero-order chi connectivity index (χ0) is 15.2. The molecule has 2 aromatic carbocycles. The summed E-state index contributed by atoms with van der Waals surface area (Å²) in [6.45, 7) is 4.38. The van der Waals surface area contributed by atoms with Crippen LogP contribution >= 0.6 is 0 Å². The minimum atomic E-state index is -0.265. The highest BCUT2D eigenvalue weighted by Crippen LogP contribution is 2.21. The van der Waals surface area contributed by atoms with Gasteiger partial charge in [-0.1, -0.05) is 38.1 Å². The molecule has 2 N–H and O–H groups in total. The predicted octanol–water partition coefficient (Wildman–Crippen LogP) is 4.17. The van der Waals surface area contributed by atoms with Crippen LogP contribution in [-0.4, -0.2) is 11.7 Å². The second kappa shape index (κ2) is 7.23. The third kappa shape index (κ3) is 4.57. The van der Waals surface area contributed by atoms with Gasteiger partial charge in [0.2, 0.25) is 0 Å². The molecule has 0 bridgehead atoms. The summed E-state index contributed by atoms with van der Waals surface area (Å²) in [6.07, 6.45) is 1.05. The Hall–Kier alpha value is -1.87. The highest BCUT2D eigenvalue weighted by atomic mass is 19.1. The first-order valence-corrected chi connectivity index (χ1v) is 7.30. The number of anilines is 1. The van der Waals surface area contributed by atoms with E-state index in [-0.39, 0.29) is 18.5 Å². The highest BCUT2D eigenvalue weighted by molar-refractivity contribution is 5.45. The lowest BCUT2D eigenvalue weighted by molar-refractivity contribution is 0.276. The number of aliphatic hydroxyl groups excluding tert-OH is 1. The molecule has 21 heavy (non-hydrogen) atoms. The van der Waals surface area contributed by atoms with Crippen molar-refractivity contribution >= 4 is 5.69 Å². The first kappa shape index (κ1) is 15.5. The smallest absolute Gasteiger partial charge is 0.123 e. The van der Waals surface area contributed by atoms with Crippen LogP contribution in [0.4, 0.5) is 10.1 Å². The Bertz CT molecular complexity index is 548. The fourth-order valence-corrected chi connectivity index (χ4v) is 2.34. The van der Waals surface area contributed by atoms with Gasteiger partial charge in [0.05, 0.1) is 12.6 Å². The van der Waals surface area contributed by atoms with Crippen LogP contribution in [0.3, 0.4) is 0 Å². The van der Waals surface area contributed by atoms with Gasteiger partial charge in [0.25, 0.3) is 0 Å². The van der Waals surface area contributed by atoms with E-state index >= 15 is 0 Å². The number of halogens is 1. The maximum absolute atomic E-state index is 12.9. The molecule has 2 nitrogen and oxygen atoms in total. The standard InChI is InChI=1S/C18H22FNO/c1-13(2)11-14-3-5-15(6-4-14)18(12-21)20-17-9-7-16(19)8-10-17/h3-10,13,18,20-21H,11-12H2,1-2H3. The molecule has 0 saturated carbocycles. The topological polar surface area (TPSA) is 32.3 Å². The van der Waals surface area contributed by atoms with Gasteiger partial charge in [-0.2, -0.15) is 0 Å². The predicted molar refractivity (Wildman–Crippen MR) is 84.8 cm³/mol. The van der Waals surface area contributed by atoms with E-state index in [1.165, 1.54) is 17.7 Å². The molecule has 0 saturated heterocycles. The molecule has 1 unspecified atom stereocenters. The van der Waals surface area contributed by atoms with Crippen molar-refractivity contribution in [2.75, 3.05) is 11.9 Å². The second-order valence-corrected chi connectivity index (χ2v) is 5.73. The monoisotopic (exact) mass is 287 g/mol. The van der Waals surface area contributed by atoms with Gasteiger partial charge in [0.15, 0.2) is 0 Å². The zero-order valence-electron chi connectivity index (χ0n) is 12.5. The summed E-state index contributed by atoms with van der Waals surface area (Å²) in [4.78, 5) is 0. The summed E-state index contributed by atoms with van der Waals surface area (Å²) in [7, 11) is 0. The van der Waals surface area contributed by atoms with Gasteiger partial charge in [-0.25, -0.2) is 4.39 Å². The van der Waals surface area contributed by atoms with Crippen molar-refractivity contribution in [2.24, 2.45) is 5.92 Å². The quantitative estimate of drug-likeness (QED) is 0.835. The average Bonchev–Trinajstić information content (AvgIpc) is 2.47. The molecule has 1 atom stereocenters. The molecule has 0 radical (unpaired) electrons. The summed E-state index contributed by atoms with van der Waals surface area (Å²) >= 11 is 0. The van der Waals surface area contributed by atoms with Crippen molar-refractivity contribution in [1.82, 2.24) is 0 Å². The molecule has 0 amide bonds. The van der Waals surface area contributed by atoms with Crippen molar-refractivity contribution in [3.8, 4) is 0 Å². The molecule has 0 fully saturated rings. The van der Waals surface area contributed by atoms with E-state index in [1.54, 1.807) is 12.1 Å². The molecule has 0 aliphatic carbocycles. The molecule has 0 aromatic heterocycles. The lowest BCUT2D eigenvalue weighted by Gasteiger charge is -2.18. The Morgan fingerprint density at radius 3 is 2.14 bits per heavy atom. The Morgan fingerprint density at radius 1 is 1.00 bits per heavy atom. The number of hydrogen-bond donors (Lipinski definition) is 2. The Balaban J connectivity index is 2.08. The zero-order valence-corrected chi connectivity index (χ0v) is 12.5. The number of hydrogen-bond acceptors (Lipinski definition) is 2. The van der Waals surface area contributed by atoms with Crippen LogP contribution in [0.2, 0.25) is 0 Å². The summed E-state index contributed by atoms with van der Waals surface area (Å²) < 4.78 is 12.9. The maximum Gasteiger partial charge on any atom is 0.123 e. The minimum absolute atomic E-state index is 0.0130. The third-order valence-electron chi connectivity index (χ3n) is 3.39. The number of aliphatic hydroxyl groups is 1. The molecule has 0 aliphatic heterocycles. The van der Waals surface area contributed by atoms with Crippen molar-refractivity contribution in [3.05, 3.63) is 65.5 Å². The van der Waals surface area contributed by atoms with E-state index in [2.05, 4.69) is 31.3 Å². The molecule has 3 heteroatoms. The molecule has 2 rings (SSSR count). The number of rotatable bonds is 6. The summed E-state index contributed by atoms with van der Waals surface area (Å²) in [5, 5.41) is 12.8. The second-order valence-electron chi connectivity index (χ2n) is 5.73. The van der Waals surface area contributed by atoms with Gasteiger partial charge in [0.1, 0.15) is 5.82 Å².